The van der Waals surface area contributed by atoms with Gasteiger partial charge in [-0.2, -0.15) is 5.10 Å². The third kappa shape index (κ3) is 4.71. The molecule has 0 atom stereocenters. The van der Waals surface area contributed by atoms with E-state index in [1.807, 2.05) is 36.7 Å². The molecule has 0 aliphatic rings. The fraction of sp³-hybridized carbons (Fsp3) is 0.174. The van der Waals surface area contributed by atoms with Crippen molar-refractivity contribution < 1.29 is 9.59 Å². The minimum atomic E-state index is -0.297. The second kappa shape index (κ2) is 8.44. The predicted octanol–water partition coefficient (Wildman–Crippen LogP) is 3.18. The Labute approximate surface area is 170 Å². The van der Waals surface area contributed by atoms with Crippen LogP contribution < -0.4 is 5.32 Å². The van der Waals surface area contributed by atoms with Crippen LogP contribution in [0.25, 0.3) is 5.69 Å². The highest BCUT2D eigenvalue weighted by molar-refractivity contribution is 5.99. The first-order chi connectivity index (χ1) is 13.9. The zero-order valence-electron chi connectivity index (χ0n) is 16.6. The third-order valence-corrected chi connectivity index (χ3v) is 4.41. The molecule has 0 aliphatic heterocycles. The van der Waals surface area contributed by atoms with E-state index in [-0.39, 0.29) is 18.4 Å². The van der Waals surface area contributed by atoms with E-state index in [4.69, 9.17) is 6.42 Å². The van der Waals surface area contributed by atoms with Gasteiger partial charge in [0, 0.05) is 29.6 Å². The van der Waals surface area contributed by atoms with Crippen LogP contribution in [0.3, 0.4) is 0 Å². The fourth-order valence-electron chi connectivity index (χ4n) is 3.03. The highest BCUT2D eigenvalue weighted by atomic mass is 16.2. The summed E-state index contributed by atoms with van der Waals surface area (Å²) >= 11 is 0. The molecular weight excluding hydrogens is 364 g/mol. The van der Waals surface area contributed by atoms with E-state index in [0.29, 0.717) is 16.8 Å². The fourth-order valence-corrected chi connectivity index (χ4v) is 3.03. The largest absolute Gasteiger partial charge is 0.332 e. The van der Waals surface area contributed by atoms with E-state index in [9.17, 15) is 9.59 Å². The molecule has 2 aromatic carbocycles. The molecule has 0 radical (unpaired) electrons. The summed E-state index contributed by atoms with van der Waals surface area (Å²) in [5.41, 5.74) is 4.60. The maximum Gasteiger partial charge on any atom is 0.254 e. The molecule has 6 heteroatoms. The van der Waals surface area contributed by atoms with Gasteiger partial charge in [0.25, 0.3) is 5.91 Å². The molecule has 0 saturated heterocycles. The van der Waals surface area contributed by atoms with Crippen LogP contribution in [-0.2, 0) is 4.79 Å². The Morgan fingerprint density at radius 3 is 2.48 bits per heavy atom. The number of hydrogen-bond donors (Lipinski definition) is 1. The molecular formula is C23H22N4O2. The van der Waals surface area contributed by atoms with Gasteiger partial charge in [0.1, 0.15) is 0 Å². The van der Waals surface area contributed by atoms with Crippen molar-refractivity contribution in [2.75, 3.05) is 18.9 Å². The van der Waals surface area contributed by atoms with Crippen LogP contribution in [-0.4, -0.2) is 40.1 Å². The summed E-state index contributed by atoms with van der Waals surface area (Å²) < 4.78 is 1.82. The van der Waals surface area contributed by atoms with Gasteiger partial charge in [-0.3, -0.25) is 9.59 Å². The van der Waals surface area contributed by atoms with E-state index >= 15 is 0 Å². The molecule has 3 aromatic rings. The van der Waals surface area contributed by atoms with Crippen LogP contribution in [0.2, 0.25) is 0 Å². The van der Waals surface area contributed by atoms with Crippen molar-refractivity contribution in [2.24, 2.45) is 0 Å². The molecule has 2 amide bonds. The predicted molar refractivity (Wildman–Crippen MR) is 113 cm³/mol. The molecule has 0 bridgehead atoms. The van der Waals surface area contributed by atoms with Gasteiger partial charge >= 0.3 is 0 Å². The molecule has 6 nitrogen and oxygen atoms in total. The van der Waals surface area contributed by atoms with Gasteiger partial charge in [-0.05, 0) is 62.4 Å². The van der Waals surface area contributed by atoms with Crippen LogP contribution in [0.15, 0.2) is 54.6 Å². The number of nitrogens with zero attached hydrogens (tertiary/aromatic N) is 3. The number of carbonyl (C=O) groups excluding carboxylic acids is 2. The number of hydrogen-bond acceptors (Lipinski definition) is 3. The van der Waals surface area contributed by atoms with Crippen LogP contribution in [0.5, 0.6) is 0 Å². The molecule has 3 rings (SSSR count). The Morgan fingerprint density at radius 2 is 1.86 bits per heavy atom. The van der Waals surface area contributed by atoms with Crippen molar-refractivity contribution in [3.63, 3.8) is 0 Å². The first-order valence-corrected chi connectivity index (χ1v) is 9.13. The summed E-state index contributed by atoms with van der Waals surface area (Å²) in [7, 11) is 1.59. The van der Waals surface area contributed by atoms with Gasteiger partial charge in [-0.15, -0.1) is 6.42 Å². The maximum atomic E-state index is 12.6. The molecule has 1 N–H and O–H groups in total. The number of aryl methyl sites for hydroxylation is 2. The van der Waals surface area contributed by atoms with E-state index in [1.54, 1.807) is 43.4 Å². The number of carbonyl (C=O) groups is 2. The van der Waals surface area contributed by atoms with E-state index in [0.717, 1.165) is 17.1 Å². The zero-order chi connectivity index (χ0) is 21.0. The minimum Gasteiger partial charge on any atom is -0.332 e. The van der Waals surface area contributed by atoms with Gasteiger partial charge in [0.05, 0.1) is 17.9 Å². The normalized spacial score (nSPS) is 10.3. The maximum absolute atomic E-state index is 12.6. The molecule has 0 aliphatic carbocycles. The lowest BCUT2D eigenvalue weighted by Crippen LogP contribution is -2.34. The number of amides is 2. The van der Waals surface area contributed by atoms with Crippen molar-refractivity contribution in [2.45, 2.75) is 13.8 Å². The van der Waals surface area contributed by atoms with Crippen molar-refractivity contribution >= 4 is 17.5 Å². The number of likely N-dealkylation sites (N-methyl/N-ethyl adjacent to an activating group) is 1. The molecule has 29 heavy (non-hydrogen) atoms. The second-order valence-electron chi connectivity index (χ2n) is 6.82. The van der Waals surface area contributed by atoms with Crippen molar-refractivity contribution in [3.8, 4) is 18.0 Å². The second-order valence-corrected chi connectivity index (χ2v) is 6.82. The number of benzene rings is 2. The smallest absolute Gasteiger partial charge is 0.254 e. The monoisotopic (exact) mass is 386 g/mol. The lowest BCUT2D eigenvalue weighted by atomic mass is 10.2. The first kappa shape index (κ1) is 19.9. The highest BCUT2D eigenvalue weighted by Gasteiger charge is 2.15. The summed E-state index contributed by atoms with van der Waals surface area (Å²) in [6.45, 7) is 3.84. The summed E-state index contributed by atoms with van der Waals surface area (Å²) in [5.74, 6) is 1.98. The number of rotatable bonds is 5. The number of anilines is 1. The van der Waals surface area contributed by atoms with Crippen LogP contribution in [0.4, 0.5) is 5.69 Å². The highest BCUT2D eigenvalue weighted by Crippen LogP contribution is 2.14. The Kier molecular flexibility index (Phi) is 5.79. The molecule has 1 aromatic heterocycles. The van der Waals surface area contributed by atoms with Crippen LogP contribution >= 0.6 is 0 Å². The Hall–Kier alpha value is -3.85. The number of terminal acetylenes is 1. The van der Waals surface area contributed by atoms with E-state index in [2.05, 4.69) is 16.3 Å². The topological polar surface area (TPSA) is 67.2 Å². The molecule has 0 saturated carbocycles. The zero-order valence-corrected chi connectivity index (χ0v) is 16.6. The van der Waals surface area contributed by atoms with Gasteiger partial charge < -0.3 is 10.2 Å². The molecule has 0 fully saturated rings. The minimum absolute atomic E-state index is 0.0711. The number of nitrogens with one attached hydrogen (secondary N) is 1. The molecule has 1 heterocycles. The Balaban J connectivity index is 1.64. The average molecular weight is 386 g/mol. The van der Waals surface area contributed by atoms with Crippen LogP contribution in [0, 0.1) is 26.2 Å². The summed E-state index contributed by atoms with van der Waals surface area (Å²) in [4.78, 5) is 26.3. The lowest BCUT2D eigenvalue weighted by molar-refractivity contribution is -0.116. The summed E-state index contributed by atoms with van der Waals surface area (Å²) in [6, 6.07) is 16.1. The lowest BCUT2D eigenvalue weighted by Gasteiger charge is -2.17. The quantitative estimate of drug-likeness (QED) is 0.685. The van der Waals surface area contributed by atoms with E-state index < -0.39 is 0 Å². The van der Waals surface area contributed by atoms with Crippen LogP contribution in [0.1, 0.15) is 27.3 Å². The average Bonchev–Trinajstić information content (AvgIpc) is 3.05. The molecule has 0 spiro atoms. The summed E-state index contributed by atoms with van der Waals surface area (Å²) in [6.07, 6.45) is 5.37. The van der Waals surface area contributed by atoms with Gasteiger partial charge in [0.2, 0.25) is 5.91 Å². The Morgan fingerprint density at radius 1 is 1.14 bits per heavy atom. The first-order valence-electron chi connectivity index (χ1n) is 9.13. The van der Waals surface area contributed by atoms with Crippen molar-refractivity contribution in [1.82, 2.24) is 14.7 Å². The SMILES string of the molecule is C#Cc1cccc(NC(=O)CN(C)C(=O)c2ccc(-n3nc(C)cc3C)cc2)c1. The van der Waals surface area contributed by atoms with Crippen molar-refractivity contribution in [1.29, 1.82) is 0 Å². The summed E-state index contributed by atoms with van der Waals surface area (Å²) in [5, 5.41) is 7.19. The molecule has 0 unspecified atom stereocenters. The Bertz CT molecular complexity index is 1090. The third-order valence-electron chi connectivity index (χ3n) is 4.41. The standard InChI is InChI=1S/C23H22N4O2/c1-5-18-7-6-8-20(14-18)24-22(28)15-26(4)23(29)19-9-11-21(12-10-19)27-17(3)13-16(2)25-27/h1,6-14H,15H2,2-4H3,(H,24,28). The number of aromatic nitrogens is 2. The van der Waals surface area contributed by atoms with Gasteiger partial charge in [-0.25, -0.2) is 4.68 Å². The van der Waals surface area contributed by atoms with Gasteiger partial charge in [-0.1, -0.05) is 12.0 Å². The van der Waals surface area contributed by atoms with Gasteiger partial charge in [0.15, 0.2) is 0 Å². The molecule has 146 valence electrons. The van der Waals surface area contributed by atoms with E-state index in [1.165, 1.54) is 4.90 Å². The van der Waals surface area contributed by atoms with Crippen molar-refractivity contribution in [3.05, 3.63) is 77.1 Å².